The fraction of sp³-hybridized carbons (Fsp3) is 0.867. The van der Waals surface area contributed by atoms with Crippen LogP contribution in [-0.4, -0.2) is 42.9 Å². The summed E-state index contributed by atoms with van der Waals surface area (Å²) in [7, 11) is 0. The quantitative estimate of drug-likeness (QED) is 0.656. The Labute approximate surface area is 122 Å². The minimum absolute atomic E-state index is 0.00270. The van der Waals surface area contributed by atoms with Crippen molar-refractivity contribution in [3.8, 4) is 0 Å². The SMILES string of the molecule is CCC[C@@H](C)C(=O)NCCCN1CCC[C@H](C(N)=O)C1. The fourth-order valence-corrected chi connectivity index (χ4v) is 2.74. The minimum atomic E-state index is -0.184. The van der Waals surface area contributed by atoms with Crippen molar-refractivity contribution in [1.82, 2.24) is 10.2 Å². The van der Waals surface area contributed by atoms with E-state index in [9.17, 15) is 9.59 Å². The lowest BCUT2D eigenvalue weighted by atomic mass is 9.97. The molecule has 0 aromatic rings. The van der Waals surface area contributed by atoms with Crippen LogP contribution in [0.3, 0.4) is 0 Å². The van der Waals surface area contributed by atoms with Crippen molar-refractivity contribution in [1.29, 1.82) is 0 Å². The highest BCUT2D eigenvalue weighted by Crippen LogP contribution is 2.15. The van der Waals surface area contributed by atoms with Gasteiger partial charge in [-0.1, -0.05) is 20.3 Å². The van der Waals surface area contributed by atoms with Gasteiger partial charge in [0, 0.05) is 19.0 Å². The second kappa shape index (κ2) is 8.95. The third-order valence-electron chi connectivity index (χ3n) is 4.03. The molecule has 0 aromatic heterocycles. The summed E-state index contributed by atoms with van der Waals surface area (Å²) in [6, 6.07) is 0. The Morgan fingerprint density at radius 2 is 2.20 bits per heavy atom. The largest absolute Gasteiger partial charge is 0.369 e. The maximum absolute atomic E-state index is 11.7. The van der Waals surface area contributed by atoms with E-state index in [1.54, 1.807) is 0 Å². The number of carbonyl (C=O) groups is 2. The number of rotatable bonds is 8. The van der Waals surface area contributed by atoms with Gasteiger partial charge in [-0.05, 0) is 38.8 Å². The van der Waals surface area contributed by atoms with E-state index in [0.29, 0.717) is 6.54 Å². The molecule has 2 amide bonds. The molecule has 1 aliphatic rings. The first-order valence-corrected chi connectivity index (χ1v) is 7.84. The predicted octanol–water partition coefficient (Wildman–Crippen LogP) is 1.13. The number of primary amides is 1. The highest BCUT2D eigenvalue weighted by atomic mass is 16.2. The molecule has 2 atom stereocenters. The van der Waals surface area contributed by atoms with E-state index in [-0.39, 0.29) is 23.7 Å². The third-order valence-corrected chi connectivity index (χ3v) is 4.03. The van der Waals surface area contributed by atoms with Gasteiger partial charge in [0.05, 0.1) is 5.92 Å². The van der Waals surface area contributed by atoms with Crippen molar-refractivity contribution in [2.45, 2.75) is 46.0 Å². The molecule has 0 bridgehead atoms. The number of hydrogen-bond donors (Lipinski definition) is 2. The van der Waals surface area contributed by atoms with Gasteiger partial charge in [0.15, 0.2) is 0 Å². The zero-order chi connectivity index (χ0) is 15.0. The summed E-state index contributed by atoms with van der Waals surface area (Å²) >= 11 is 0. The maximum atomic E-state index is 11.7. The number of likely N-dealkylation sites (tertiary alicyclic amines) is 1. The summed E-state index contributed by atoms with van der Waals surface area (Å²) in [4.78, 5) is 25.2. The first-order valence-electron chi connectivity index (χ1n) is 7.84. The highest BCUT2D eigenvalue weighted by Gasteiger charge is 2.23. The lowest BCUT2D eigenvalue weighted by Gasteiger charge is -2.31. The molecule has 1 fully saturated rings. The number of nitrogens with two attached hydrogens (primary N) is 1. The monoisotopic (exact) mass is 283 g/mol. The number of piperidine rings is 1. The summed E-state index contributed by atoms with van der Waals surface area (Å²) in [5, 5.41) is 2.98. The summed E-state index contributed by atoms with van der Waals surface area (Å²) < 4.78 is 0. The Hall–Kier alpha value is -1.10. The number of hydrogen-bond acceptors (Lipinski definition) is 3. The Balaban J connectivity index is 2.14. The molecular weight excluding hydrogens is 254 g/mol. The third kappa shape index (κ3) is 5.90. The minimum Gasteiger partial charge on any atom is -0.369 e. The predicted molar refractivity (Wildman–Crippen MR) is 80.1 cm³/mol. The zero-order valence-electron chi connectivity index (χ0n) is 12.9. The van der Waals surface area contributed by atoms with Crippen LogP contribution in [0.1, 0.15) is 46.0 Å². The fourth-order valence-electron chi connectivity index (χ4n) is 2.74. The summed E-state index contributed by atoms with van der Waals surface area (Å²) in [6.45, 7) is 7.51. The first-order chi connectivity index (χ1) is 9.54. The van der Waals surface area contributed by atoms with E-state index in [4.69, 9.17) is 5.73 Å². The topological polar surface area (TPSA) is 75.4 Å². The molecule has 5 heteroatoms. The van der Waals surface area contributed by atoms with Gasteiger partial charge in [0.2, 0.25) is 11.8 Å². The van der Waals surface area contributed by atoms with E-state index in [1.165, 1.54) is 0 Å². The van der Waals surface area contributed by atoms with E-state index in [2.05, 4.69) is 17.1 Å². The Bertz CT molecular complexity index is 320. The van der Waals surface area contributed by atoms with Gasteiger partial charge < -0.3 is 16.0 Å². The molecule has 0 unspecified atom stereocenters. The summed E-state index contributed by atoms with van der Waals surface area (Å²) in [5.74, 6) is 0.0778. The van der Waals surface area contributed by atoms with Crippen LogP contribution in [0, 0.1) is 11.8 Å². The van der Waals surface area contributed by atoms with E-state index in [1.807, 2.05) is 6.92 Å². The average molecular weight is 283 g/mol. The van der Waals surface area contributed by atoms with Crippen LogP contribution in [0.15, 0.2) is 0 Å². The molecule has 116 valence electrons. The molecule has 5 nitrogen and oxygen atoms in total. The van der Waals surface area contributed by atoms with Crippen molar-refractivity contribution in [2.75, 3.05) is 26.2 Å². The van der Waals surface area contributed by atoms with Gasteiger partial charge in [0.1, 0.15) is 0 Å². The molecule has 3 N–H and O–H groups in total. The lowest BCUT2D eigenvalue weighted by molar-refractivity contribution is -0.124. The van der Waals surface area contributed by atoms with Crippen LogP contribution in [-0.2, 0) is 9.59 Å². The molecule has 0 radical (unpaired) electrons. The smallest absolute Gasteiger partial charge is 0.222 e. The average Bonchev–Trinajstić information content (AvgIpc) is 2.44. The Morgan fingerprint density at radius 3 is 2.85 bits per heavy atom. The normalized spacial score (nSPS) is 21.4. The van der Waals surface area contributed by atoms with Gasteiger partial charge in [0.25, 0.3) is 0 Å². The molecule has 1 aliphatic heterocycles. The second-order valence-corrected chi connectivity index (χ2v) is 5.88. The van der Waals surface area contributed by atoms with Crippen LogP contribution >= 0.6 is 0 Å². The molecular formula is C15H29N3O2. The van der Waals surface area contributed by atoms with Crippen LogP contribution in [0.5, 0.6) is 0 Å². The molecule has 1 saturated heterocycles. The molecule has 1 rings (SSSR count). The zero-order valence-corrected chi connectivity index (χ0v) is 12.9. The van der Waals surface area contributed by atoms with Gasteiger partial charge in [-0.2, -0.15) is 0 Å². The van der Waals surface area contributed by atoms with E-state index < -0.39 is 0 Å². The van der Waals surface area contributed by atoms with Crippen LogP contribution in [0.4, 0.5) is 0 Å². The number of amides is 2. The lowest BCUT2D eigenvalue weighted by Crippen LogP contribution is -2.42. The van der Waals surface area contributed by atoms with Gasteiger partial charge in [-0.25, -0.2) is 0 Å². The molecule has 20 heavy (non-hydrogen) atoms. The van der Waals surface area contributed by atoms with Crippen molar-refractivity contribution in [3.63, 3.8) is 0 Å². The van der Waals surface area contributed by atoms with Gasteiger partial charge in [-0.15, -0.1) is 0 Å². The molecule has 0 aromatic carbocycles. The number of carbonyl (C=O) groups excluding carboxylic acids is 2. The maximum Gasteiger partial charge on any atom is 0.222 e. The van der Waals surface area contributed by atoms with Crippen molar-refractivity contribution in [3.05, 3.63) is 0 Å². The second-order valence-electron chi connectivity index (χ2n) is 5.88. The van der Waals surface area contributed by atoms with Crippen LogP contribution < -0.4 is 11.1 Å². The van der Waals surface area contributed by atoms with Crippen molar-refractivity contribution in [2.24, 2.45) is 17.6 Å². The number of nitrogens with zero attached hydrogens (tertiary/aromatic N) is 1. The summed E-state index contributed by atoms with van der Waals surface area (Å²) in [6.07, 6.45) is 4.86. The molecule has 0 spiro atoms. The standard InChI is InChI=1S/C15H29N3O2/c1-3-6-12(2)15(20)17-8-5-10-18-9-4-7-13(11-18)14(16)19/h12-13H,3-11H2,1-2H3,(H2,16,19)(H,17,20)/t12-,13+/m1/s1. The molecule has 0 saturated carbocycles. The van der Waals surface area contributed by atoms with E-state index >= 15 is 0 Å². The first kappa shape index (κ1) is 17.0. The van der Waals surface area contributed by atoms with Gasteiger partial charge in [-0.3, -0.25) is 9.59 Å². The van der Waals surface area contributed by atoms with Crippen molar-refractivity contribution >= 4 is 11.8 Å². The van der Waals surface area contributed by atoms with Crippen LogP contribution in [0.2, 0.25) is 0 Å². The van der Waals surface area contributed by atoms with Crippen molar-refractivity contribution < 1.29 is 9.59 Å². The van der Waals surface area contributed by atoms with E-state index in [0.717, 1.165) is 51.7 Å². The molecule has 1 heterocycles. The highest BCUT2D eigenvalue weighted by molar-refractivity contribution is 5.78. The molecule has 0 aliphatic carbocycles. The van der Waals surface area contributed by atoms with Crippen LogP contribution in [0.25, 0.3) is 0 Å². The Kier molecular flexibility index (Phi) is 7.59. The summed E-state index contributed by atoms with van der Waals surface area (Å²) in [5.41, 5.74) is 5.36. The number of nitrogens with one attached hydrogen (secondary N) is 1. The Morgan fingerprint density at radius 1 is 1.45 bits per heavy atom. The van der Waals surface area contributed by atoms with Gasteiger partial charge >= 0.3 is 0 Å².